The number of rotatable bonds is 7. The van der Waals surface area contributed by atoms with Crippen LogP contribution in [0.1, 0.15) is 53.0 Å². The van der Waals surface area contributed by atoms with Gasteiger partial charge in [0, 0.05) is 23.2 Å². The summed E-state index contributed by atoms with van der Waals surface area (Å²) < 4.78 is 7.95. The fraction of sp³-hybridized carbons (Fsp3) is 0.476. The minimum absolute atomic E-state index is 0.119. The lowest BCUT2D eigenvalue weighted by Crippen LogP contribution is -2.25. The molecule has 0 aliphatic rings. The number of hydrogen-bond acceptors (Lipinski definition) is 3. The van der Waals surface area contributed by atoms with Gasteiger partial charge in [0.1, 0.15) is 5.84 Å². The van der Waals surface area contributed by atoms with Crippen molar-refractivity contribution >= 4 is 17.8 Å². The first-order valence-electron chi connectivity index (χ1n) is 8.50. The second kappa shape index (κ2) is 9.70. The maximum absolute atomic E-state index is 5.92. The van der Waals surface area contributed by atoms with Gasteiger partial charge in [-0.2, -0.15) is 0 Å². The Hall–Kier alpha value is -1.70. The van der Waals surface area contributed by atoms with Crippen molar-refractivity contribution in [1.82, 2.24) is 4.31 Å². The Balaban J connectivity index is 2.51. The molecule has 1 unspecified atom stereocenters. The molecule has 0 heterocycles. The smallest absolute Gasteiger partial charge is 0.111 e. The Bertz CT molecular complexity index is 635. The molecule has 1 aromatic rings. The average molecular weight is 359 g/mol. The molecule has 4 heteroatoms. The molecule has 136 valence electrons. The summed E-state index contributed by atoms with van der Waals surface area (Å²) in [6, 6.07) is 7.92. The SMILES string of the molecule is C#Cc1ccc(SN(C)/C(C)=N\C(=C)CCC(C)OC(C)(C)C)cc1. The second-order valence-corrected chi connectivity index (χ2v) is 8.26. The zero-order valence-electron chi connectivity index (χ0n) is 16.3. The van der Waals surface area contributed by atoms with E-state index < -0.39 is 0 Å². The molecule has 0 aromatic heterocycles. The molecular weight excluding hydrogens is 328 g/mol. The van der Waals surface area contributed by atoms with Crippen molar-refractivity contribution in [2.24, 2.45) is 4.99 Å². The van der Waals surface area contributed by atoms with Crippen LogP contribution in [0.15, 0.2) is 46.4 Å². The lowest BCUT2D eigenvalue weighted by atomic mass is 10.1. The molecule has 0 N–H and O–H groups in total. The van der Waals surface area contributed by atoms with Crippen molar-refractivity contribution in [2.45, 2.75) is 64.1 Å². The number of nitrogens with zero attached hydrogens (tertiary/aromatic N) is 2. The third kappa shape index (κ3) is 8.81. The van der Waals surface area contributed by atoms with E-state index in [0.29, 0.717) is 0 Å². The van der Waals surface area contributed by atoms with Crippen LogP contribution in [0.5, 0.6) is 0 Å². The lowest BCUT2D eigenvalue weighted by molar-refractivity contribution is -0.0539. The highest BCUT2D eigenvalue weighted by molar-refractivity contribution is 7.97. The summed E-state index contributed by atoms with van der Waals surface area (Å²) in [6.07, 6.45) is 7.31. The van der Waals surface area contributed by atoms with E-state index in [2.05, 4.69) is 45.2 Å². The molecule has 0 radical (unpaired) electrons. The van der Waals surface area contributed by atoms with Crippen molar-refractivity contribution in [3.05, 3.63) is 42.1 Å². The number of aliphatic imine (C=N–C) groups is 1. The molecule has 1 aromatic carbocycles. The van der Waals surface area contributed by atoms with Crippen LogP contribution in [0, 0.1) is 12.3 Å². The number of amidine groups is 1. The quantitative estimate of drug-likeness (QED) is 0.277. The third-order valence-corrected chi connectivity index (χ3v) is 4.45. The molecule has 1 rings (SSSR count). The topological polar surface area (TPSA) is 24.8 Å². The van der Waals surface area contributed by atoms with E-state index >= 15 is 0 Å². The van der Waals surface area contributed by atoms with Gasteiger partial charge in [-0.1, -0.05) is 12.5 Å². The highest BCUT2D eigenvalue weighted by Gasteiger charge is 2.15. The van der Waals surface area contributed by atoms with Gasteiger partial charge < -0.3 is 9.04 Å². The first kappa shape index (κ1) is 21.3. The van der Waals surface area contributed by atoms with Crippen molar-refractivity contribution in [2.75, 3.05) is 7.05 Å². The molecule has 0 spiro atoms. The highest BCUT2D eigenvalue weighted by Crippen LogP contribution is 2.23. The Kier molecular flexibility index (Phi) is 8.28. The summed E-state index contributed by atoms with van der Waals surface area (Å²) in [5.41, 5.74) is 1.64. The monoisotopic (exact) mass is 358 g/mol. The van der Waals surface area contributed by atoms with Crippen LogP contribution in [0.4, 0.5) is 0 Å². The van der Waals surface area contributed by atoms with Crippen LogP contribution in [0.3, 0.4) is 0 Å². The number of allylic oxidation sites excluding steroid dienone is 1. The van der Waals surface area contributed by atoms with Gasteiger partial charge in [0.05, 0.1) is 11.7 Å². The third-order valence-electron chi connectivity index (χ3n) is 3.43. The van der Waals surface area contributed by atoms with Gasteiger partial charge in [0.2, 0.25) is 0 Å². The van der Waals surface area contributed by atoms with Crippen LogP contribution in [-0.4, -0.2) is 28.9 Å². The zero-order chi connectivity index (χ0) is 19.0. The average Bonchev–Trinajstić information content (AvgIpc) is 2.52. The fourth-order valence-corrected chi connectivity index (χ4v) is 2.97. The van der Waals surface area contributed by atoms with E-state index in [1.165, 1.54) is 0 Å². The minimum atomic E-state index is -0.119. The standard InChI is InChI=1S/C21H30N2OS/c1-9-19-12-14-20(15-13-19)25-23(8)18(4)22-16(2)10-11-17(3)24-21(5,6)7/h1,12-15,17H,2,10-11H2,3-8H3/b22-18-. The molecule has 0 bridgehead atoms. The van der Waals surface area contributed by atoms with Crippen molar-refractivity contribution in [3.8, 4) is 12.3 Å². The lowest BCUT2D eigenvalue weighted by Gasteiger charge is -2.25. The van der Waals surface area contributed by atoms with Gasteiger partial charge in [-0.3, -0.25) is 0 Å². The van der Waals surface area contributed by atoms with E-state index in [0.717, 1.165) is 34.8 Å². The van der Waals surface area contributed by atoms with Crippen LogP contribution in [0.25, 0.3) is 0 Å². The summed E-state index contributed by atoms with van der Waals surface area (Å²) >= 11 is 1.61. The Morgan fingerprint density at radius 3 is 2.48 bits per heavy atom. The molecule has 0 fully saturated rings. The maximum atomic E-state index is 5.92. The number of benzene rings is 1. The molecule has 3 nitrogen and oxygen atoms in total. The van der Waals surface area contributed by atoms with E-state index in [1.54, 1.807) is 11.9 Å². The van der Waals surface area contributed by atoms with E-state index in [1.807, 2.05) is 42.5 Å². The fourth-order valence-electron chi connectivity index (χ4n) is 2.22. The number of hydrogen-bond donors (Lipinski definition) is 0. The molecule has 1 atom stereocenters. The van der Waals surface area contributed by atoms with Gasteiger partial charge in [-0.15, -0.1) is 6.42 Å². The number of terminal acetylenes is 1. The van der Waals surface area contributed by atoms with Crippen LogP contribution < -0.4 is 0 Å². The summed E-state index contributed by atoms with van der Waals surface area (Å²) in [7, 11) is 2.00. The van der Waals surface area contributed by atoms with Gasteiger partial charge in [0.25, 0.3) is 0 Å². The first-order chi connectivity index (χ1) is 11.6. The van der Waals surface area contributed by atoms with Crippen molar-refractivity contribution < 1.29 is 4.74 Å². The van der Waals surface area contributed by atoms with E-state index in [-0.39, 0.29) is 11.7 Å². The predicted octanol–water partition coefficient (Wildman–Crippen LogP) is 5.52. The molecule has 0 aliphatic heterocycles. The summed E-state index contributed by atoms with van der Waals surface area (Å²) in [4.78, 5) is 5.73. The molecular formula is C21H30N2OS. The normalized spacial score (nSPS) is 13.2. The number of ether oxygens (including phenoxy) is 1. The maximum Gasteiger partial charge on any atom is 0.111 e. The van der Waals surface area contributed by atoms with Crippen molar-refractivity contribution in [3.63, 3.8) is 0 Å². The summed E-state index contributed by atoms with van der Waals surface area (Å²) in [6.45, 7) is 14.4. The predicted molar refractivity (Wildman–Crippen MR) is 110 cm³/mol. The first-order valence-corrected chi connectivity index (χ1v) is 9.27. The van der Waals surface area contributed by atoms with E-state index in [9.17, 15) is 0 Å². The van der Waals surface area contributed by atoms with Crippen LogP contribution in [-0.2, 0) is 4.74 Å². The Morgan fingerprint density at radius 2 is 1.96 bits per heavy atom. The Labute approximate surface area is 157 Å². The van der Waals surface area contributed by atoms with Crippen molar-refractivity contribution in [1.29, 1.82) is 0 Å². The van der Waals surface area contributed by atoms with Gasteiger partial charge in [0.15, 0.2) is 0 Å². The van der Waals surface area contributed by atoms with Gasteiger partial charge in [-0.25, -0.2) is 4.99 Å². The van der Waals surface area contributed by atoms with E-state index in [4.69, 9.17) is 11.2 Å². The minimum Gasteiger partial charge on any atom is -0.373 e. The largest absolute Gasteiger partial charge is 0.373 e. The van der Waals surface area contributed by atoms with Crippen LogP contribution >= 0.6 is 11.9 Å². The summed E-state index contributed by atoms with van der Waals surface area (Å²) in [5, 5.41) is 0. The van der Waals surface area contributed by atoms with Gasteiger partial charge in [-0.05, 0) is 83.7 Å². The molecule has 0 saturated carbocycles. The molecule has 0 aliphatic carbocycles. The second-order valence-electron chi connectivity index (χ2n) is 7.06. The summed E-state index contributed by atoms with van der Waals surface area (Å²) in [5.74, 6) is 3.54. The Morgan fingerprint density at radius 1 is 1.36 bits per heavy atom. The van der Waals surface area contributed by atoms with Gasteiger partial charge >= 0.3 is 0 Å². The molecule has 0 amide bonds. The van der Waals surface area contributed by atoms with Crippen LogP contribution in [0.2, 0.25) is 0 Å². The molecule has 25 heavy (non-hydrogen) atoms. The molecule has 0 saturated heterocycles. The highest BCUT2D eigenvalue weighted by atomic mass is 32.2. The zero-order valence-corrected chi connectivity index (χ0v) is 17.1.